The van der Waals surface area contributed by atoms with Gasteiger partial charge in [0.25, 0.3) is 0 Å². The lowest BCUT2D eigenvalue weighted by molar-refractivity contribution is 0.470. The molecule has 0 unspecified atom stereocenters. The molecule has 0 saturated heterocycles. The van der Waals surface area contributed by atoms with Gasteiger partial charge in [-0.2, -0.15) is 0 Å². The van der Waals surface area contributed by atoms with Crippen molar-refractivity contribution in [3.8, 4) is 11.5 Å². The van der Waals surface area contributed by atoms with Crippen molar-refractivity contribution in [2.75, 3.05) is 0 Å². The molecule has 0 aromatic heterocycles. The van der Waals surface area contributed by atoms with Crippen LogP contribution in [0.15, 0.2) is 46.2 Å². The number of aromatic hydroxyl groups is 2. The molecule has 0 atom stereocenters. The fourth-order valence-corrected chi connectivity index (χ4v) is 7.22. The number of phenols is 2. The van der Waals surface area contributed by atoms with E-state index in [4.69, 9.17) is 0 Å². The number of benzene rings is 2. The summed E-state index contributed by atoms with van der Waals surface area (Å²) in [6.07, 6.45) is 0. The quantitative estimate of drug-likeness (QED) is 0.699. The van der Waals surface area contributed by atoms with Crippen molar-refractivity contribution in [1.82, 2.24) is 0 Å². The molecular weight excluding hydrogens is 327 g/mol. The molecule has 2 aromatic rings. The number of hydrogen-bond donors (Lipinski definition) is 3. The highest BCUT2D eigenvalue weighted by Crippen LogP contribution is 2.70. The summed E-state index contributed by atoms with van der Waals surface area (Å²) in [7, 11) is 0. The van der Waals surface area contributed by atoms with Crippen molar-refractivity contribution in [3.05, 3.63) is 47.5 Å². The zero-order chi connectivity index (χ0) is 15.6. The van der Waals surface area contributed by atoms with Crippen molar-refractivity contribution in [1.29, 1.82) is 0 Å². The van der Waals surface area contributed by atoms with Crippen LogP contribution in [0, 0.1) is 13.8 Å². The average Bonchev–Trinajstić information content (AvgIpc) is 2.37. The summed E-state index contributed by atoms with van der Waals surface area (Å²) < 4.78 is 12.3. The van der Waals surface area contributed by atoms with Gasteiger partial charge in [0.2, 0.25) is 0 Å². The van der Waals surface area contributed by atoms with Gasteiger partial charge in [-0.25, -0.2) is 0 Å². The molecule has 0 heterocycles. The van der Waals surface area contributed by atoms with E-state index >= 15 is 0 Å². The van der Waals surface area contributed by atoms with E-state index in [9.17, 15) is 19.7 Å². The van der Waals surface area contributed by atoms with Gasteiger partial charge in [0.15, 0.2) is 0 Å². The van der Waals surface area contributed by atoms with E-state index in [1.165, 1.54) is 12.1 Å². The Kier molecular flexibility index (Phi) is 4.94. The minimum absolute atomic E-state index is 0.161. The molecule has 0 aliphatic carbocycles. The first-order chi connectivity index (χ1) is 9.77. The highest BCUT2D eigenvalue weighted by Gasteiger charge is 2.23. The molecule has 7 heteroatoms. The van der Waals surface area contributed by atoms with E-state index in [1.54, 1.807) is 38.1 Å². The normalized spacial score (nSPS) is 11.6. The first-order valence-electron chi connectivity index (χ1n) is 6.08. The fraction of sp³-hybridized carbons (Fsp3) is 0.143. The van der Waals surface area contributed by atoms with Crippen LogP contribution in [0.5, 0.6) is 11.5 Å². The number of aryl methyl sites for hydroxylation is 2. The van der Waals surface area contributed by atoms with E-state index < -0.39 is 5.77 Å². The first-order valence-corrected chi connectivity index (χ1v) is 10.6. The Morgan fingerprint density at radius 1 is 0.857 bits per heavy atom. The van der Waals surface area contributed by atoms with Gasteiger partial charge in [-0.1, -0.05) is 0 Å². The Balaban J connectivity index is 2.15. The lowest BCUT2D eigenvalue weighted by Gasteiger charge is -2.11. The molecule has 0 bridgehead atoms. The minimum Gasteiger partial charge on any atom is -0.508 e. The second-order valence-electron chi connectivity index (χ2n) is 4.55. The monoisotopic (exact) mass is 342 g/mol. The van der Waals surface area contributed by atoms with Crippen molar-refractivity contribution >= 4 is 28.5 Å². The van der Waals surface area contributed by atoms with Gasteiger partial charge in [-0.05, 0) is 84.1 Å². The third-order valence-electron chi connectivity index (χ3n) is 2.78. The maximum absolute atomic E-state index is 12.3. The lowest BCUT2D eigenvalue weighted by Crippen LogP contribution is -1.79. The van der Waals surface area contributed by atoms with E-state index in [1.807, 2.05) is 0 Å². The minimum atomic E-state index is -3.54. The SMILES string of the molecule is Cc1cc(SP(=O)(O)Sc2ccc(O)c(C)c2)ccc1O. The van der Waals surface area contributed by atoms with Crippen LogP contribution in [-0.2, 0) is 4.57 Å². The van der Waals surface area contributed by atoms with Gasteiger partial charge >= 0.3 is 5.77 Å². The van der Waals surface area contributed by atoms with Gasteiger partial charge in [-0.15, -0.1) is 0 Å². The molecule has 2 aromatic carbocycles. The molecule has 112 valence electrons. The molecule has 0 aliphatic heterocycles. The van der Waals surface area contributed by atoms with Crippen LogP contribution in [0.1, 0.15) is 11.1 Å². The Labute approximate surface area is 131 Å². The van der Waals surface area contributed by atoms with Gasteiger partial charge < -0.3 is 15.1 Å². The van der Waals surface area contributed by atoms with Crippen molar-refractivity contribution < 1.29 is 19.7 Å². The predicted molar refractivity (Wildman–Crippen MR) is 87.2 cm³/mol. The van der Waals surface area contributed by atoms with Gasteiger partial charge in [0.1, 0.15) is 11.5 Å². The summed E-state index contributed by atoms with van der Waals surface area (Å²) in [5.74, 6) is -3.21. The standard InChI is InChI=1S/C14H15O4PS2/c1-9-7-11(3-5-13(9)15)20-19(17,18)21-12-4-6-14(16)10(2)8-12/h3-8,15-16H,1-2H3,(H,17,18). The third kappa shape index (κ3) is 4.45. The summed E-state index contributed by atoms with van der Waals surface area (Å²) in [6.45, 7) is 3.47. The zero-order valence-corrected chi connectivity index (χ0v) is 14.0. The van der Waals surface area contributed by atoms with E-state index in [0.29, 0.717) is 20.9 Å². The number of phenolic OH excluding ortho intramolecular Hbond substituents is 2. The van der Waals surface area contributed by atoms with Gasteiger partial charge in [0, 0.05) is 9.79 Å². The number of rotatable bonds is 4. The molecule has 0 fully saturated rings. The molecule has 0 radical (unpaired) electrons. The molecule has 3 N–H and O–H groups in total. The van der Waals surface area contributed by atoms with Gasteiger partial charge in [0.05, 0.1) is 0 Å². The van der Waals surface area contributed by atoms with E-state index in [0.717, 1.165) is 22.8 Å². The second kappa shape index (κ2) is 6.36. The molecule has 2 rings (SSSR count). The predicted octanol–water partition coefficient (Wildman–Crippen LogP) is 4.70. The maximum Gasteiger partial charge on any atom is 0.319 e. The Bertz CT molecular complexity index is 661. The third-order valence-corrected chi connectivity index (χ3v) is 8.16. The first kappa shape index (κ1) is 16.3. The lowest BCUT2D eigenvalue weighted by atomic mass is 10.2. The van der Waals surface area contributed by atoms with Crippen LogP contribution in [0.2, 0.25) is 0 Å². The van der Waals surface area contributed by atoms with Crippen LogP contribution >= 0.6 is 28.5 Å². The van der Waals surface area contributed by atoms with Crippen molar-refractivity contribution in [3.63, 3.8) is 0 Å². The van der Waals surface area contributed by atoms with Gasteiger partial charge in [-0.3, -0.25) is 4.57 Å². The molecule has 4 nitrogen and oxygen atoms in total. The Morgan fingerprint density at radius 2 is 1.24 bits per heavy atom. The van der Waals surface area contributed by atoms with Crippen LogP contribution in [-0.4, -0.2) is 15.1 Å². The Hall–Kier alpha value is -1.07. The molecule has 0 spiro atoms. The Morgan fingerprint density at radius 3 is 1.57 bits per heavy atom. The summed E-state index contributed by atoms with van der Waals surface area (Å²) in [6, 6.07) is 9.58. The largest absolute Gasteiger partial charge is 0.508 e. The van der Waals surface area contributed by atoms with E-state index in [2.05, 4.69) is 0 Å². The van der Waals surface area contributed by atoms with Crippen LogP contribution in [0.25, 0.3) is 0 Å². The van der Waals surface area contributed by atoms with E-state index in [-0.39, 0.29) is 11.5 Å². The zero-order valence-electron chi connectivity index (χ0n) is 11.5. The highest BCUT2D eigenvalue weighted by molar-refractivity contribution is 8.89. The summed E-state index contributed by atoms with van der Waals surface area (Å²) >= 11 is 1.75. The topological polar surface area (TPSA) is 77.8 Å². The average molecular weight is 342 g/mol. The molecule has 0 saturated carbocycles. The second-order valence-corrected chi connectivity index (χ2v) is 11.6. The number of hydrogen-bond acceptors (Lipinski definition) is 5. The van der Waals surface area contributed by atoms with Crippen LogP contribution < -0.4 is 0 Å². The summed E-state index contributed by atoms with van der Waals surface area (Å²) in [4.78, 5) is 11.3. The molecule has 0 amide bonds. The summed E-state index contributed by atoms with van der Waals surface area (Å²) in [5, 5.41) is 18.9. The van der Waals surface area contributed by atoms with Crippen molar-refractivity contribution in [2.45, 2.75) is 23.6 Å². The van der Waals surface area contributed by atoms with Crippen LogP contribution in [0.3, 0.4) is 0 Å². The van der Waals surface area contributed by atoms with Crippen LogP contribution in [0.4, 0.5) is 0 Å². The molecule has 21 heavy (non-hydrogen) atoms. The maximum atomic E-state index is 12.3. The molecule has 0 aliphatic rings. The summed E-state index contributed by atoms with van der Waals surface area (Å²) in [5.41, 5.74) is 1.32. The fourth-order valence-electron chi connectivity index (χ4n) is 1.65. The smallest absolute Gasteiger partial charge is 0.319 e. The van der Waals surface area contributed by atoms with Crippen molar-refractivity contribution in [2.24, 2.45) is 0 Å². The molecular formula is C14H15O4PS2. The highest BCUT2D eigenvalue weighted by atomic mass is 33.1.